The molecule has 1 unspecified atom stereocenters. The Balaban J connectivity index is 1.56. The molecule has 0 saturated carbocycles. The average molecular weight is 538 g/mol. The normalized spacial score (nSPS) is 15.0. The van der Waals surface area contributed by atoms with E-state index in [1.807, 2.05) is 6.92 Å². The second-order valence-electron chi connectivity index (χ2n) is 9.15. The zero-order chi connectivity index (χ0) is 26.6. The van der Waals surface area contributed by atoms with Crippen LogP contribution < -0.4 is 4.74 Å². The molecular weight excluding hydrogens is 512 g/mol. The summed E-state index contributed by atoms with van der Waals surface area (Å²) in [5.41, 5.74) is 2.17. The van der Waals surface area contributed by atoms with Gasteiger partial charge in [-0.05, 0) is 74.4 Å². The Kier molecular flexibility index (Phi) is 7.72. The van der Waals surface area contributed by atoms with E-state index in [1.165, 1.54) is 30.3 Å². The molecule has 3 aromatic carbocycles. The van der Waals surface area contributed by atoms with E-state index in [1.54, 1.807) is 52.0 Å². The quantitative estimate of drug-likeness (QED) is 0.250. The first-order valence-electron chi connectivity index (χ1n) is 12.3. The largest absolute Gasteiger partial charge is 0.438 e. The third kappa shape index (κ3) is 5.87. The lowest BCUT2D eigenvalue weighted by atomic mass is 10.1. The molecule has 5 rings (SSSR count). The van der Waals surface area contributed by atoms with Crippen LogP contribution in [-0.4, -0.2) is 39.8 Å². The van der Waals surface area contributed by atoms with Crippen LogP contribution in [-0.2, 0) is 11.3 Å². The van der Waals surface area contributed by atoms with Crippen molar-refractivity contribution in [3.8, 4) is 17.3 Å². The minimum absolute atomic E-state index is 0.124. The van der Waals surface area contributed by atoms with Crippen LogP contribution in [0.1, 0.15) is 34.5 Å². The maximum Gasteiger partial charge on any atom is 0.254 e. The summed E-state index contributed by atoms with van der Waals surface area (Å²) >= 11 is 6.09. The van der Waals surface area contributed by atoms with Crippen molar-refractivity contribution in [2.75, 3.05) is 13.2 Å². The molecule has 0 aliphatic carbocycles. The van der Waals surface area contributed by atoms with E-state index in [9.17, 15) is 13.6 Å². The molecule has 0 bridgehead atoms. The Hall–Kier alpha value is -3.75. The lowest BCUT2D eigenvalue weighted by Crippen LogP contribution is -2.37. The number of hydrogen-bond acceptors (Lipinski definition) is 4. The molecule has 0 spiro atoms. The molecule has 1 fully saturated rings. The summed E-state index contributed by atoms with van der Waals surface area (Å²) in [5, 5.41) is 5.25. The summed E-state index contributed by atoms with van der Waals surface area (Å²) in [7, 11) is 0. The van der Waals surface area contributed by atoms with Crippen LogP contribution in [0.15, 0.2) is 72.8 Å². The van der Waals surface area contributed by atoms with Gasteiger partial charge in [0.2, 0.25) is 5.88 Å². The van der Waals surface area contributed by atoms with Gasteiger partial charge in [0.1, 0.15) is 17.4 Å². The highest BCUT2D eigenvalue weighted by molar-refractivity contribution is 6.30. The van der Waals surface area contributed by atoms with E-state index in [0.717, 1.165) is 12.8 Å². The molecule has 196 valence electrons. The second-order valence-corrected chi connectivity index (χ2v) is 9.58. The summed E-state index contributed by atoms with van der Waals surface area (Å²) in [4.78, 5) is 15.2. The highest BCUT2D eigenvalue weighted by Crippen LogP contribution is 2.33. The van der Waals surface area contributed by atoms with Gasteiger partial charge in [-0.1, -0.05) is 23.7 Å². The van der Waals surface area contributed by atoms with Crippen molar-refractivity contribution in [1.29, 1.82) is 0 Å². The number of hydrogen-bond donors (Lipinski definition) is 0. The Morgan fingerprint density at radius 1 is 1.11 bits per heavy atom. The van der Waals surface area contributed by atoms with E-state index in [0.29, 0.717) is 41.0 Å². The molecule has 1 amide bonds. The first kappa shape index (κ1) is 25.9. The fourth-order valence-electron chi connectivity index (χ4n) is 4.47. The molecule has 0 N–H and O–H groups in total. The lowest BCUT2D eigenvalue weighted by molar-refractivity contribution is 0.0505. The van der Waals surface area contributed by atoms with Crippen molar-refractivity contribution in [2.45, 2.75) is 32.4 Å². The number of amides is 1. The van der Waals surface area contributed by atoms with E-state index in [-0.39, 0.29) is 29.9 Å². The second kappa shape index (κ2) is 11.3. The predicted molar refractivity (Wildman–Crippen MR) is 140 cm³/mol. The van der Waals surface area contributed by atoms with Gasteiger partial charge in [0.05, 0.1) is 29.6 Å². The topological polar surface area (TPSA) is 56.6 Å². The van der Waals surface area contributed by atoms with E-state index in [4.69, 9.17) is 21.1 Å². The molecule has 38 heavy (non-hydrogen) atoms. The molecular formula is C29H26ClF2N3O3. The zero-order valence-corrected chi connectivity index (χ0v) is 21.5. The summed E-state index contributed by atoms with van der Waals surface area (Å²) in [6, 6.07) is 18.5. The monoisotopic (exact) mass is 537 g/mol. The molecule has 1 aliphatic heterocycles. The van der Waals surface area contributed by atoms with Crippen molar-refractivity contribution in [1.82, 2.24) is 14.7 Å². The SMILES string of the molecule is Cc1nn(-c2ccc(Cl)cc2)c(Oc2cccc(F)c2)c1CN(CC1CCCO1)C(=O)c1cccc(F)c1. The van der Waals surface area contributed by atoms with Gasteiger partial charge >= 0.3 is 0 Å². The standard InChI is InChI=1S/C29H26ClF2N3O3/c1-19-27(18-34(17-26-9-4-14-37-26)28(36)20-5-2-6-22(31)15-20)29(38-25-8-3-7-23(32)16-25)35(33-19)24-12-10-21(30)11-13-24/h2-3,5-8,10-13,15-16,26H,4,9,14,17-18H2,1H3. The Morgan fingerprint density at radius 3 is 2.53 bits per heavy atom. The fourth-order valence-corrected chi connectivity index (χ4v) is 4.60. The van der Waals surface area contributed by atoms with Gasteiger partial charge in [0, 0.05) is 29.8 Å². The lowest BCUT2D eigenvalue weighted by Gasteiger charge is -2.26. The van der Waals surface area contributed by atoms with Crippen LogP contribution >= 0.6 is 11.6 Å². The Bertz CT molecular complexity index is 1440. The van der Waals surface area contributed by atoms with Crippen LogP contribution in [0.3, 0.4) is 0 Å². The molecule has 1 saturated heterocycles. The summed E-state index contributed by atoms with van der Waals surface area (Å²) in [6.07, 6.45) is 1.60. The highest BCUT2D eigenvalue weighted by Gasteiger charge is 2.28. The van der Waals surface area contributed by atoms with Gasteiger partial charge in [-0.2, -0.15) is 5.10 Å². The number of nitrogens with zero attached hydrogens (tertiary/aromatic N) is 3. The van der Waals surface area contributed by atoms with Crippen LogP contribution in [0.2, 0.25) is 5.02 Å². The number of aromatic nitrogens is 2. The zero-order valence-electron chi connectivity index (χ0n) is 20.7. The van der Waals surface area contributed by atoms with Gasteiger partial charge in [-0.25, -0.2) is 13.5 Å². The van der Waals surface area contributed by atoms with Crippen molar-refractivity contribution in [2.24, 2.45) is 0 Å². The third-order valence-electron chi connectivity index (χ3n) is 6.37. The van der Waals surface area contributed by atoms with Gasteiger partial charge < -0.3 is 14.4 Å². The molecule has 2 heterocycles. The fraction of sp³-hybridized carbons (Fsp3) is 0.241. The van der Waals surface area contributed by atoms with Crippen molar-refractivity contribution in [3.63, 3.8) is 0 Å². The number of benzene rings is 3. The minimum atomic E-state index is -0.491. The van der Waals surface area contributed by atoms with E-state index >= 15 is 0 Å². The number of carbonyl (C=O) groups excluding carboxylic acids is 1. The molecule has 0 radical (unpaired) electrons. The Labute approximate surface area is 224 Å². The third-order valence-corrected chi connectivity index (χ3v) is 6.63. The van der Waals surface area contributed by atoms with Gasteiger partial charge in [0.15, 0.2) is 0 Å². The van der Waals surface area contributed by atoms with Crippen LogP contribution in [0.25, 0.3) is 5.69 Å². The summed E-state index contributed by atoms with van der Waals surface area (Å²) < 4.78 is 41.6. The summed E-state index contributed by atoms with van der Waals surface area (Å²) in [6.45, 7) is 2.89. The summed E-state index contributed by atoms with van der Waals surface area (Å²) in [5.74, 6) is -0.659. The number of carbonyl (C=O) groups is 1. The van der Waals surface area contributed by atoms with Crippen molar-refractivity contribution < 1.29 is 23.0 Å². The first-order chi connectivity index (χ1) is 18.4. The van der Waals surface area contributed by atoms with Gasteiger partial charge in [-0.3, -0.25) is 4.79 Å². The van der Waals surface area contributed by atoms with Crippen LogP contribution in [0.5, 0.6) is 11.6 Å². The molecule has 1 aliphatic rings. The number of aryl methyl sites for hydroxylation is 1. The van der Waals surface area contributed by atoms with Gasteiger partial charge in [-0.15, -0.1) is 0 Å². The maximum absolute atomic E-state index is 14.0. The molecule has 4 aromatic rings. The smallest absolute Gasteiger partial charge is 0.254 e. The van der Waals surface area contributed by atoms with Crippen molar-refractivity contribution >= 4 is 17.5 Å². The average Bonchev–Trinajstić information content (AvgIpc) is 3.52. The first-order valence-corrected chi connectivity index (χ1v) is 12.7. The van der Waals surface area contributed by atoms with Crippen molar-refractivity contribution in [3.05, 3.63) is 106 Å². The van der Waals surface area contributed by atoms with Crippen LogP contribution in [0.4, 0.5) is 8.78 Å². The number of rotatable bonds is 8. The van der Waals surface area contributed by atoms with E-state index < -0.39 is 11.6 Å². The molecule has 9 heteroatoms. The number of halogens is 3. The molecule has 1 atom stereocenters. The molecule has 6 nitrogen and oxygen atoms in total. The predicted octanol–water partition coefficient (Wildman–Crippen LogP) is 6.73. The number of ether oxygens (including phenoxy) is 2. The highest BCUT2D eigenvalue weighted by atomic mass is 35.5. The minimum Gasteiger partial charge on any atom is -0.438 e. The maximum atomic E-state index is 14.0. The Morgan fingerprint density at radius 2 is 1.84 bits per heavy atom. The van der Waals surface area contributed by atoms with E-state index in [2.05, 4.69) is 5.10 Å². The molecule has 1 aromatic heterocycles. The van der Waals surface area contributed by atoms with Gasteiger partial charge in [0.25, 0.3) is 5.91 Å². The van der Waals surface area contributed by atoms with Crippen LogP contribution in [0, 0.1) is 18.6 Å².